The Balaban J connectivity index is 1.65. The first-order valence-corrected chi connectivity index (χ1v) is 8.63. The molecule has 1 atom stereocenters. The van der Waals surface area contributed by atoms with Crippen LogP contribution in [0.1, 0.15) is 18.4 Å². The van der Waals surface area contributed by atoms with Crippen LogP contribution in [0.25, 0.3) is 6.08 Å². The molecule has 2 heterocycles. The van der Waals surface area contributed by atoms with Gasteiger partial charge in [-0.05, 0) is 37.1 Å². The van der Waals surface area contributed by atoms with Crippen molar-refractivity contribution in [3.05, 3.63) is 29.8 Å². The first-order valence-electron chi connectivity index (χ1n) is 8.63. The lowest BCUT2D eigenvalue weighted by atomic mass is 9.97. The third-order valence-corrected chi connectivity index (χ3v) is 4.64. The van der Waals surface area contributed by atoms with E-state index in [0.717, 1.165) is 30.7 Å². The van der Waals surface area contributed by atoms with Crippen molar-refractivity contribution in [3.63, 3.8) is 0 Å². The average molecular weight is 347 g/mol. The van der Waals surface area contributed by atoms with E-state index in [4.69, 9.17) is 18.9 Å². The maximum Gasteiger partial charge on any atom is 0.246 e. The lowest BCUT2D eigenvalue weighted by Gasteiger charge is -2.34. The van der Waals surface area contributed by atoms with Crippen molar-refractivity contribution in [1.29, 1.82) is 0 Å². The van der Waals surface area contributed by atoms with Crippen LogP contribution in [0.3, 0.4) is 0 Å². The monoisotopic (exact) mass is 347 g/mol. The molecule has 0 aliphatic carbocycles. The molecule has 0 N–H and O–H groups in total. The summed E-state index contributed by atoms with van der Waals surface area (Å²) in [5.74, 6) is 1.67. The summed E-state index contributed by atoms with van der Waals surface area (Å²) in [6, 6.07) is 5.51. The molecular weight excluding hydrogens is 322 g/mol. The summed E-state index contributed by atoms with van der Waals surface area (Å²) in [4.78, 5) is 14.4. The first kappa shape index (κ1) is 17.8. The van der Waals surface area contributed by atoms with Crippen molar-refractivity contribution < 1.29 is 23.7 Å². The zero-order chi connectivity index (χ0) is 17.6. The summed E-state index contributed by atoms with van der Waals surface area (Å²) in [6.07, 6.45) is 5.20. The number of likely N-dealkylation sites (tertiary alicyclic amines) is 1. The van der Waals surface area contributed by atoms with Gasteiger partial charge in [0, 0.05) is 30.6 Å². The first-order chi connectivity index (χ1) is 12.2. The van der Waals surface area contributed by atoms with Crippen LogP contribution in [-0.4, -0.2) is 57.6 Å². The Hall–Kier alpha value is -2.05. The van der Waals surface area contributed by atoms with Crippen LogP contribution in [0.4, 0.5) is 0 Å². The minimum absolute atomic E-state index is 0.00688. The van der Waals surface area contributed by atoms with Gasteiger partial charge in [-0.2, -0.15) is 0 Å². The Morgan fingerprint density at radius 2 is 2.04 bits per heavy atom. The van der Waals surface area contributed by atoms with Gasteiger partial charge in [0.05, 0.1) is 27.4 Å². The van der Waals surface area contributed by atoms with Gasteiger partial charge in [-0.3, -0.25) is 4.79 Å². The van der Waals surface area contributed by atoms with E-state index in [0.29, 0.717) is 25.5 Å². The maximum atomic E-state index is 12.6. The Morgan fingerprint density at radius 3 is 2.76 bits per heavy atom. The molecular formula is C19H25NO5. The summed E-state index contributed by atoms with van der Waals surface area (Å²) < 4.78 is 21.8. The van der Waals surface area contributed by atoms with Gasteiger partial charge in [-0.15, -0.1) is 0 Å². The van der Waals surface area contributed by atoms with Crippen LogP contribution in [0, 0.1) is 5.92 Å². The Bertz CT molecular complexity index is 624. The van der Waals surface area contributed by atoms with Crippen molar-refractivity contribution in [2.45, 2.75) is 19.1 Å². The second kappa shape index (κ2) is 8.36. The summed E-state index contributed by atoms with van der Waals surface area (Å²) in [7, 11) is 3.22. The lowest BCUT2D eigenvalue weighted by molar-refractivity contribution is -0.134. The number of ether oxygens (including phenoxy) is 4. The largest absolute Gasteiger partial charge is 0.497 e. The van der Waals surface area contributed by atoms with E-state index in [1.807, 2.05) is 23.1 Å². The van der Waals surface area contributed by atoms with Crippen molar-refractivity contribution in [3.8, 4) is 11.5 Å². The van der Waals surface area contributed by atoms with E-state index in [1.54, 1.807) is 26.4 Å². The van der Waals surface area contributed by atoms with E-state index in [1.165, 1.54) is 0 Å². The third kappa shape index (κ3) is 4.32. The zero-order valence-electron chi connectivity index (χ0n) is 14.8. The maximum absolute atomic E-state index is 12.6. The highest BCUT2D eigenvalue weighted by Gasteiger charge is 2.32. The Kier molecular flexibility index (Phi) is 5.94. The number of piperidine rings is 1. The number of amides is 1. The fourth-order valence-corrected chi connectivity index (χ4v) is 3.32. The molecule has 3 rings (SSSR count). The van der Waals surface area contributed by atoms with Crippen LogP contribution in [0.15, 0.2) is 24.3 Å². The molecule has 1 aromatic carbocycles. The molecule has 2 aliphatic rings. The Labute approximate surface area is 148 Å². The molecule has 6 nitrogen and oxygen atoms in total. The van der Waals surface area contributed by atoms with Crippen LogP contribution < -0.4 is 9.47 Å². The van der Waals surface area contributed by atoms with Gasteiger partial charge >= 0.3 is 0 Å². The van der Waals surface area contributed by atoms with Crippen molar-refractivity contribution >= 4 is 12.0 Å². The summed E-state index contributed by atoms with van der Waals surface area (Å²) in [5.41, 5.74) is 0.811. The minimum Gasteiger partial charge on any atom is -0.497 e. The van der Waals surface area contributed by atoms with E-state index in [2.05, 4.69) is 0 Å². The van der Waals surface area contributed by atoms with Crippen molar-refractivity contribution in [2.75, 3.05) is 40.5 Å². The number of carbonyl (C=O) groups is 1. The highest BCUT2D eigenvalue weighted by atomic mass is 16.7. The predicted molar refractivity (Wildman–Crippen MR) is 93.6 cm³/mol. The molecule has 1 unspecified atom stereocenters. The average Bonchev–Trinajstić information content (AvgIpc) is 3.20. The molecule has 0 bridgehead atoms. The number of carbonyl (C=O) groups excluding carboxylic acids is 1. The van der Waals surface area contributed by atoms with E-state index in [-0.39, 0.29) is 18.1 Å². The molecule has 2 aliphatic heterocycles. The quantitative estimate of drug-likeness (QED) is 0.765. The highest BCUT2D eigenvalue weighted by molar-refractivity contribution is 5.92. The predicted octanol–water partition coefficient (Wildman–Crippen LogP) is 2.33. The van der Waals surface area contributed by atoms with Gasteiger partial charge in [0.25, 0.3) is 0 Å². The van der Waals surface area contributed by atoms with E-state index < -0.39 is 0 Å². The lowest BCUT2D eigenvalue weighted by Crippen LogP contribution is -2.43. The van der Waals surface area contributed by atoms with Crippen molar-refractivity contribution in [2.24, 2.45) is 5.92 Å². The molecule has 2 fully saturated rings. The second-order valence-corrected chi connectivity index (χ2v) is 6.24. The SMILES string of the molecule is COc1ccc(OC)c(/C=C/C(=O)N2CCCC(C3OCCO3)C2)c1. The van der Waals surface area contributed by atoms with Gasteiger partial charge in [-0.1, -0.05) is 0 Å². The van der Waals surface area contributed by atoms with Crippen LogP contribution in [-0.2, 0) is 14.3 Å². The van der Waals surface area contributed by atoms with Crippen molar-refractivity contribution in [1.82, 2.24) is 4.90 Å². The number of rotatable bonds is 5. The molecule has 0 spiro atoms. The number of benzene rings is 1. The van der Waals surface area contributed by atoms with Gasteiger partial charge in [-0.25, -0.2) is 0 Å². The van der Waals surface area contributed by atoms with Crippen LogP contribution in [0.5, 0.6) is 11.5 Å². The topological polar surface area (TPSA) is 57.2 Å². The Morgan fingerprint density at radius 1 is 1.24 bits per heavy atom. The van der Waals surface area contributed by atoms with Gasteiger partial charge in [0.15, 0.2) is 6.29 Å². The number of nitrogens with zero attached hydrogens (tertiary/aromatic N) is 1. The molecule has 1 amide bonds. The van der Waals surface area contributed by atoms with Gasteiger partial charge < -0.3 is 23.8 Å². The fraction of sp³-hybridized carbons (Fsp3) is 0.526. The molecule has 2 saturated heterocycles. The molecule has 0 aromatic heterocycles. The normalized spacial score (nSPS) is 21.7. The number of methoxy groups -OCH3 is 2. The smallest absolute Gasteiger partial charge is 0.246 e. The molecule has 25 heavy (non-hydrogen) atoms. The third-order valence-electron chi connectivity index (χ3n) is 4.64. The number of hydrogen-bond acceptors (Lipinski definition) is 5. The fourth-order valence-electron chi connectivity index (χ4n) is 3.32. The second-order valence-electron chi connectivity index (χ2n) is 6.24. The zero-order valence-corrected chi connectivity index (χ0v) is 14.8. The molecule has 0 radical (unpaired) electrons. The van der Waals surface area contributed by atoms with Crippen LogP contribution in [0.2, 0.25) is 0 Å². The molecule has 0 saturated carbocycles. The van der Waals surface area contributed by atoms with Gasteiger partial charge in [0.2, 0.25) is 5.91 Å². The van der Waals surface area contributed by atoms with Crippen LogP contribution >= 0.6 is 0 Å². The molecule has 136 valence electrons. The molecule has 6 heteroatoms. The highest BCUT2D eigenvalue weighted by Crippen LogP contribution is 2.27. The number of hydrogen-bond donors (Lipinski definition) is 0. The van der Waals surface area contributed by atoms with E-state index in [9.17, 15) is 4.79 Å². The molecule has 1 aromatic rings. The standard InChI is InChI=1S/C19H25NO5/c1-22-16-6-7-17(23-2)14(12-16)5-8-18(21)20-9-3-4-15(13-20)19-24-10-11-25-19/h5-8,12,15,19H,3-4,9-11,13H2,1-2H3/b8-5+. The van der Waals surface area contributed by atoms with Gasteiger partial charge in [0.1, 0.15) is 11.5 Å². The minimum atomic E-state index is -0.168. The summed E-state index contributed by atoms with van der Waals surface area (Å²) in [5, 5.41) is 0. The summed E-state index contributed by atoms with van der Waals surface area (Å²) in [6.45, 7) is 2.72. The van der Waals surface area contributed by atoms with E-state index >= 15 is 0 Å². The summed E-state index contributed by atoms with van der Waals surface area (Å²) >= 11 is 0.